The molecule has 0 saturated heterocycles. The van der Waals surface area contributed by atoms with Crippen LogP contribution in [0.4, 0.5) is 16.3 Å². The van der Waals surface area contributed by atoms with Crippen molar-refractivity contribution in [2.24, 2.45) is 5.92 Å². The van der Waals surface area contributed by atoms with E-state index in [1.807, 2.05) is 6.20 Å². The number of anilines is 2. The van der Waals surface area contributed by atoms with Crippen molar-refractivity contribution in [3.8, 4) is 0 Å². The van der Waals surface area contributed by atoms with E-state index in [0.717, 1.165) is 12.8 Å². The normalized spacial score (nSPS) is 16.5. The molecule has 0 radical (unpaired) electrons. The summed E-state index contributed by atoms with van der Waals surface area (Å²) < 4.78 is 2.08. The van der Waals surface area contributed by atoms with Crippen LogP contribution in [0.3, 0.4) is 0 Å². The lowest BCUT2D eigenvalue weighted by Gasteiger charge is -2.12. The van der Waals surface area contributed by atoms with Crippen molar-refractivity contribution in [1.82, 2.24) is 19.9 Å². The number of nitrogens with zero attached hydrogens (tertiary/aromatic N) is 3. The molecule has 1 aromatic carbocycles. The van der Waals surface area contributed by atoms with Gasteiger partial charge >= 0.3 is 6.03 Å². The summed E-state index contributed by atoms with van der Waals surface area (Å²) >= 11 is 0. The van der Waals surface area contributed by atoms with Gasteiger partial charge in [0.1, 0.15) is 17.8 Å². The number of hydrogen-bond acceptors (Lipinski definition) is 5. The fraction of sp³-hybridized carbons (Fsp3) is 0.391. The number of fused-ring (bicyclic) bond motifs is 1. The number of ketones is 1. The van der Waals surface area contributed by atoms with Crippen LogP contribution in [0.1, 0.15) is 60.5 Å². The van der Waals surface area contributed by atoms with Crippen molar-refractivity contribution in [2.75, 3.05) is 17.6 Å². The van der Waals surface area contributed by atoms with Gasteiger partial charge in [0, 0.05) is 30.0 Å². The third-order valence-corrected chi connectivity index (χ3v) is 6.23. The van der Waals surface area contributed by atoms with Gasteiger partial charge in [0.2, 0.25) is 0 Å². The summed E-state index contributed by atoms with van der Waals surface area (Å²) in [7, 11) is 0. The Morgan fingerprint density at radius 2 is 1.94 bits per heavy atom. The van der Waals surface area contributed by atoms with E-state index < -0.39 is 0 Å². The lowest BCUT2D eigenvalue weighted by atomic mass is 10.0. The van der Waals surface area contributed by atoms with Gasteiger partial charge in [-0.15, -0.1) is 0 Å². The van der Waals surface area contributed by atoms with Crippen molar-refractivity contribution in [2.45, 2.75) is 44.6 Å². The lowest BCUT2D eigenvalue weighted by molar-refractivity contribution is 0.104. The van der Waals surface area contributed by atoms with E-state index in [1.54, 1.807) is 24.3 Å². The molecule has 2 heterocycles. The molecule has 8 heteroatoms. The second kappa shape index (κ2) is 8.02. The van der Waals surface area contributed by atoms with Gasteiger partial charge in [-0.05, 0) is 43.7 Å². The fourth-order valence-electron chi connectivity index (χ4n) is 4.37. The van der Waals surface area contributed by atoms with Crippen LogP contribution in [0.2, 0.25) is 0 Å². The van der Waals surface area contributed by atoms with Gasteiger partial charge in [0.25, 0.3) is 0 Å². The minimum absolute atomic E-state index is 0.162. The predicted molar refractivity (Wildman–Crippen MR) is 119 cm³/mol. The highest BCUT2D eigenvalue weighted by molar-refractivity contribution is 6.18. The maximum absolute atomic E-state index is 13.4. The van der Waals surface area contributed by atoms with E-state index in [1.165, 1.54) is 32.0 Å². The molecule has 2 saturated carbocycles. The Labute approximate surface area is 180 Å². The highest BCUT2D eigenvalue weighted by atomic mass is 16.2. The molecule has 0 aliphatic heterocycles. The topological polar surface area (TPSA) is 115 Å². The van der Waals surface area contributed by atoms with Gasteiger partial charge in [0.05, 0.1) is 10.9 Å². The Hall–Kier alpha value is -3.42. The number of nitrogens with two attached hydrogens (primary N) is 1. The van der Waals surface area contributed by atoms with Crippen LogP contribution in [0.15, 0.2) is 36.8 Å². The van der Waals surface area contributed by atoms with Crippen molar-refractivity contribution in [1.29, 1.82) is 0 Å². The largest absolute Gasteiger partial charge is 0.383 e. The first-order valence-electron chi connectivity index (χ1n) is 10.9. The number of amides is 2. The maximum Gasteiger partial charge on any atom is 0.319 e. The van der Waals surface area contributed by atoms with Crippen molar-refractivity contribution in [3.05, 3.63) is 47.9 Å². The molecular formula is C23H26N6O2. The lowest BCUT2D eigenvalue weighted by Crippen LogP contribution is -2.30. The Kier molecular flexibility index (Phi) is 5.05. The second-order valence-electron chi connectivity index (χ2n) is 8.53. The van der Waals surface area contributed by atoms with Gasteiger partial charge in [-0.3, -0.25) is 4.79 Å². The Bertz CT molecular complexity index is 1140. The number of aromatic nitrogens is 3. The van der Waals surface area contributed by atoms with Gasteiger partial charge in [0.15, 0.2) is 5.78 Å². The van der Waals surface area contributed by atoms with Gasteiger partial charge in [-0.1, -0.05) is 25.0 Å². The quantitative estimate of drug-likeness (QED) is 0.525. The Morgan fingerprint density at radius 1 is 1.13 bits per heavy atom. The van der Waals surface area contributed by atoms with E-state index >= 15 is 0 Å². The second-order valence-corrected chi connectivity index (χ2v) is 8.53. The van der Waals surface area contributed by atoms with Crippen LogP contribution >= 0.6 is 0 Å². The molecule has 31 heavy (non-hydrogen) atoms. The third kappa shape index (κ3) is 3.97. The molecule has 160 valence electrons. The van der Waals surface area contributed by atoms with E-state index in [4.69, 9.17) is 5.73 Å². The monoisotopic (exact) mass is 418 g/mol. The molecule has 5 rings (SSSR count). The average molecular weight is 419 g/mol. The maximum atomic E-state index is 13.4. The highest BCUT2D eigenvalue weighted by Crippen LogP contribution is 2.35. The van der Waals surface area contributed by atoms with Gasteiger partial charge < -0.3 is 20.9 Å². The summed E-state index contributed by atoms with van der Waals surface area (Å²) in [4.78, 5) is 34.1. The summed E-state index contributed by atoms with van der Waals surface area (Å²) in [6, 6.07) is 7.03. The number of rotatable bonds is 6. The minimum atomic E-state index is -0.257. The Morgan fingerprint density at radius 3 is 2.71 bits per heavy atom. The highest BCUT2D eigenvalue weighted by Gasteiger charge is 2.26. The fourth-order valence-corrected chi connectivity index (χ4v) is 4.37. The molecule has 0 spiro atoms. The molecule has 4 N–H and O–H groups in total. The molecule has 8 nitrogen and oxygen atoms in total. The number of carbonyl (C=O) groups excluding carboxylic acids is 2. The first-order chi connectivity index (χ1) is 15.1. The van der Waals surface area contributed by atoms with Crippen LogP contribution < -0.4 is 16.4 Å². The molecule has 2 fully saturated rings. The summed E-state index contributed by atoms with van der Waals surface area (Å²) in [5, 5.41) is 6.28. The van der Waals surface area contributed by atoms with E-state index in [-0.39, 0.29) is 11.8 Å². The summed E-state index contributed by atoms with van der Waals surface area (Å²) in [6.07, 6.45) is 10.1. The van der Waals surface area contributed by atoms with Crippen LogP contribution in [-0.4, -0.2) is 32.9 Å². The smallest absolute Gasteiger partial charge is 0.319 e. The van der Waals surface area contributed by atoms with Crippen LogP contribution in [-0.2, 0) is 0 Å². The molecule has 2 amide bonds. The third-order valence-electron chi connectivity index (χ3n) is 6.23. The number of nitrogens with one attached hydrogen (secondary N) is 2. The predicted octanol–water partition coefficient (Wildman–Crippen LogP) is 3.89. The average Bonchev–Trinajstić information content (AvgIpc) is 3.28. The van der Waals surface area contributed by atoms with Crippen molar-refractivity contribution >= 4 is 34.4 Å². The molecule has 2 aliphatic rings. The molecular weight excluding hydrogens is 392 g/mol. The summed E-state index contributed by atoms with van der Waals surface area (Å²) in [5.74, 6) is 0.743. The Balaban J connectivity index is 1.44. The number of hydrogen-bond donors (Lipinski definition) is 3. The van der Waals surface area contributed by atoms with E-state index in [2.05, 4.69) is 25.2 Å². The van der Waals surface area contributed by atoms with Gasteiger partial charge in [-0.2, -0.15) is 0 Å². The van der Waals surface area contributed by atoms with Crippen LogP contribution in [0, 0.1) is 5.92 Å². The SMILES string of the molecule is Nc1ncnc2c1c(C(=O)c1cccc(NC(=O)NCC3CC3)c1)cn2C1CCCC1. The van der Waals surface area contributed by atoms with E-state index in [9.17, 15) is 9.59 Å². The van der Waals surface area contributed by atoms with Crippen molar-refractivity contribution in [3.63, 3.8) is 0 Å². The number of urea groups is 1. The molecule has 0 atom stereocenters. The van der Waals surface area contributed by atoms with Gasteiger partial charge in [-0.25, -0.2) is 14.8 Å². The molecule has 2 aromatic heterocycles. The minimum Gasteiger partial charge on any atom is -0.383 e. The first-order valence-corrected chi connectivity index (χ1v) is 10.9. The summed E-state index contributed by atoms with van der Waals surface area (Å²) in [6.45, 7) is 0.685. The van der Waals surface area contributed by atoms with Crippen LogP contribution in [0.25, 0.3) is 11.0 Å². The standard InChI is InChI=1S/C23H26N6O2/c24-21-19-18(12-29(17-6-1-2-7-17)22(19)27-13-26-21)20(30)15-4-3-5-16(10-15)28-23(31)25-11-14-8-9-14/h3-5,10,12-14,17H,1-2,6-9,11H2,(H2,24,26,27)(H2,25,28,31). The number of benzene rings is 1. The van der Waals surface area contributed by atoms with E-state index in [0.29, 0.717) is 52.2 Å². The zero-order valence-corrected chi connectivity index (χ0v) is 17.3. The molecule has 2 aliphatic carbocycles. The molecule has 3 aromatic rings. The van der Waals surface area contributed by atoms with Crippen molar-refractivity contribution < 1.29 is 9.59 Å². The molecule has 0 bridgehead atoms. The molecule has 0 unspecified atom stereocenters. The zero-order valence-electron chi connectivity index (χ0n) is 17.3. The van der Waals surface area contributed by atoms with Crippen LogP contribution in [0.5, 0.6) is 0 Å². The number of nitrogen functional groups attached to an aromatic ring is 1. The summed E-state index contributed by atoms with van der Waals surface area (Å²) in [5.41, 5.74) is 8.41. The number of carbonyl (C=O) groups is 2. The first kappa shape index (κ1) is 19.5. The zero-order chi connectivity index (χ0) is 21.4.